The molecule has 1 fully saturated rings. The van der Waals surface area contributed by atoms with Gasteiger partial charge in [-0.2, -0.15) is 0 Å². The summed E-state index contributed by atoms with van der Waals surface area (Å²) in [6.07, 6.45) is 21.3. The minimum absolute atomic E-state index is 0.0930. The Bertz CT molecular complexity index is 1080. The lowest BCUT2D eigenvalue weighted by Crippen LogP contribution is -2.44. The molecule has 1 aromatic heterocycles. The van der Waals surface area contributed by atoms with Crippen LogP contribution in [0, 0.1) is 5.92 Å². The van der Waals surface area contributed by atoms with Gasteiger partial charge in [-0.25, -0.2) is 4.99 Å². The highest BCUT2D eigenvalue weighted by molar-refractivity contribution is 6.05. The molecule has 1 amide bonds. The fourth-order valence-corrected chi connectivity index (χ4v) is 3.96. The van der Waals surface area contributed by atoms with Crippen molar-refractivity contribution in [2.45, 2.75) is 13.3 Å². The SMILES string of the molecule is C=CC(=N/C=C\C)[C@H]1\C=C/N=C(NC(=O)CN(C)/C=C\c2cnccc2N2CCN(C)CC2)\C=C/C1. The first-order valence-electron chi connectivity index (χ1n) is 12.3. The molecule has 3 rings (SSSR count). The summed E-state index contributed by atoms with van der Waals surface area (Å²) in [6, 6.07) is 2.05. The van der Waals surface area contributed by atoms with Crippen LogP contribution in [-0.4, -0.2) is 79.1 Å². The van der Waals surface area contributed by atoms with E-state index in [1.807, 2.05) is 67.8 Å². The number of likely N-dealkylation sites (N-methyl/N-ethyl adjacent to an activating group) is 2. The maximum absolute atomic E-state index is 12.6. The lowest BCUT2D eigenvalue weighted by molar-refractivity contribution is -0.120. The van der Waals surface area contributed by atoms with Crippen LogP contribution in [0.15, 0.2) is 84.0 Å². The van der Waals surface area contributed by atoms with E-state index < -0.39 is 0 Å². The van der Waals surface area contributed by atoms with Gasteiger partial charge in [0.05, 0.1) is 6.54 Å². The van der Waals surface area contributed by atoms with Crippen molar-refractivity contribution in [1.82, 2.24) is 20.1 Å². The number of hydrogen-bond donors (Lipinski definition) is 1. The maximum atomic E-state index is 12.6. The molecule has 0 saturated carbocycles. The molecule has 0 radical (unpaired) electrons. The molecule has 1 N–H and O–H groups in total. The van der Waals surface area contributed by atoms with E-state index in [-0.39, 0.29) is 18.4 Å². The van der Waals surface area contributed by atoms with Crippen LogP contribution < -0.4 is 10.2 Å². The third-order valence-corrected chi connectivity index (χ3v) is 6.00. The summed E-state index contributed by atoms with van der Waals surface area (Å²) in [4.78, 5) is 32.3. The van der Waals surface area contributed by atoms with Crippen LogP contribution in [0.25, 0.3) is 6.08 Å². The van der Waals surface area contributed by atoms with Gasteiger partial charge in [0.1, 0.15) is 5.84 Å². The van der Waals surface area contributed by atoms with Gasteiger partial charge in [-0.1, -0.05) is 24.8 Å². The first kappa shape index (κ1) is 26.8. The number of carbonyl (C=O) groups excluding carboxylic acids is 1. The van der Waals surface area contributed by atoms with Crippen LogP contribution in [0.3, 0.4) is 0 Å². The molecule has 0 unspecified atom stereocenters. The molecule has 1 aromatic rings. The van der Waals surface area contributed by atoms with Crippen LogP contribution in [0.5, 0.6) is 0 Å². The molecule has 8 heteroatoms. The van der Waals surface area contributed by atoms with Crippen molar-refractivity contribution < 1.29 is 4.79 Å². The van der Waals surface area contributed by atoms with Gasteiger partial charge in [0.15, 0.2) is 0 Å². The highest BCUT2D eigenvalue weighted by Gasteiger charge is 2.16. The maximum Gasteiger partial charge on any atom is 0.245 e. The van der Waals surface area contributed by atoms with Gasteiger partial charge in [0.2, 0.25) is 5.91 Å². The number of aromatic nitrogens is 1. The molecular formula is C28H37N7O. The van der Waals surface area contributed by atoms with Gasteiger partial charge in [-0.3, -0.25) is 14.8 Å². The second-order valence-electron chi connectivity index (χ2n) is 8.84. The zero-order valence-electron chi connectivity index (χ0n) is 21.5. The van der Waals surface area contributed by atoms with Crippen LogP contribution in [0.4, 0.5) is 5.69 Å². The van der Waals surface area contributed by atoms with Crippen molar-refractivity contribution >= 4 is 29.2 Å². The van der Waals surface area contributed by atoms with E-state index in [0.717, 1.165) is 43.9 Å². The Morgan fingerprint density at radius 3 is 2.89 bits per heavy atom. The normalized spacial score (nSPS) is 22.5. The van der Waals surface area contributed by atoms with Gasteiger partial charge in [-0.05, 0) is 50.9 Å². The fourth-order valence-electron chi connectivity index (χ4n) is 3.96. The van der Waals surface area contributed by atoms with Crippen molar-refractivity contribution in [2.75, 3.05) is 51.7 Å². The number of carbonyl (C=O) groups is 1. The average Bonchev–Trinajstić information content (AvgIpc) is 2.86. The predicted octanol–water partition coefficient (Wildman–Crippen LogP) is 3.50. The molecule has 0 aliphatic carbocycles. The van der Waals surface area contributed by atoms with Crippen molar-refractivity contribution in [3.8, 4) is 0 Å². The summed E-state index contributed by atoms with van der Waals surface area (Å²) in [6.45, 7) is 10.0. The van der Waals surface area contributed by atoms with Gasteiger partial charge in [0.25, 0.3) is 0 Å². The largest absolute Gasteiger partial charge is 0.371 e. The minimum atomic E-state index is -0.136. The van der Waals surface area contributed by atoms with Crippen LogP contribution >= 0.6 is 0 Å². The Morgan fingerprint density at radius 1 is 1.33 bits per heavy atom. The number of aliphatic imine (C=N–C) groups is 2. The number of pyridine rings is 1. The molecular weight excluding hydrogens is 450 g/mol. The number of nitrogens with zero attached hydrogens (tertiary/aromatic N) is 6. The van der Waals surface area contributed by atoms with Gasteiger partial charge < -0.3 is 20.0 Å². The quantitative estimate of drug-likeness (QED) is 0.568. The van der Waals surface area contributed by atoms with Gasteiger partial charge >= 0.3 is 0 Å². The van der Waals surface area contributed by atoms with Crippen LogP contribution in [-0.2, 0) is 4.79 Å². The molecule has 2 aliphatic heterocycles. The first-order chi connectivity index (χ1) is 17.5. The number of anilines is 1. The van der Waals surface area contributed by atoms with Crippen LogP contribution in [0.1, 0.15) is 18.9 Å². The van der Waals surface area contributed by atoms with Crippen molar-refractivity contribution in [3.63, 3.8) is 0 Å². The minimum Gasteiger partial charge on any atom is -0.371 e. The van der Waals surface area contributed by atoms with E-state index in [0.29, 0.717) is 5.84 Å². The Labute approximate surface area is 214 Å². The number of piperazine rings is 1. The van der Waals surface area contributed by atoms with Crippen molar-refractivity contribution in [1.29, 1.82) is 0 Å². The highest BCUT2D eigenvalue weighted by atomic mass is 16.2. The number of allylic oxidation sites excluding steroid dienone is 4. The molecule has 0 spiro atoms. The average molecular weight is 488 g/mol. The lowest BCUT2D eigenvalue weighted by Gasteiger charge is -2.34. The molecule has 1 atom stereocenters. The van der Waals surface area contributed by atoms with E-state index in [4.69, 9.17) is 0 Å². The van der Waals surface area contributed by atoms with E-state index >= 15 is 0 Å². The molecule has 3 heterocycles. The summed E-state index contributed by atoms with van der Waals surface area (Å²) in [5, 5.41) is 2.89. The number of nitrogens with one attached hydrogen (secondary N) is 1. The fraction of sp³-hybridized carbons (Fsp3) is 0.357. The number of amidine groups is 1. The Kier molecular flexibility index (Phi) is 10.4. The summed E-state index contributed by atoms with van der Waals surface area (Å²) >= 11 is 0. The lowest BCUT2D eigenvalue weighted by atomic mass is 9.98. The molecule has 0 aromatic carbocycles. The highest BCUT2D eigenvalue weighted by Crippen LogP contribution is 2.22. The second kappa shape index (κ2) is 13.9. The number of hydrogen-bond acceptors (Lipinski definition) is 7. The molecule has 8 nitrogen and oxygen atoms in total. The Hall–Kier alpha value is -3.78. The first-order valence-corrected chi connectivity index (χ1v) is 12.3. The molecule has 2 aliphatic rings. The zero-order chi connectivity index (χ0) is 25.8. The third-order valence-electron chi connectivity index (χ3n) is 6.00. The molecule has 190 valence electrons. The molecule has 1 saturated heterocycles. The Morgan fingerprint density at radius 2 is 2.14 bits per heavy atom. The third kappa shape index (κ3) is 8.16. The van der Waals surface area contributed by atoms with Crippen molar-refractivity contribution in [3.05, 3.63) is 79.6 Å². The molecule has 36 heavy (non-hydrogen) atoms. The summed E-state index contributed by atoms with van der Waals surface area (Å²) < 4.78 is 0. The van der Waals surface area contributed by atoms with Gasteiger partial charge in [0, 0.05) is 80.9 Å². The zero-order valence-corrected chi connectivity index (χ0v) is 21.5. The Balaban J connectivity index is 1.56. The summed E-state index contributed by atoms with van der Waals surface area (Å²) in [7, 11) is 4.03. The second-order valence-corrected chi connectivity index (χ2v) is 8.84. The standard InChI is InChI=1S/C28H37N7O/c1-5-13-30-25(6-2)23-8-7-9-27(31-15-10-23)32-28(36)22-34(4)16-12-24-21-29-14-11-26(24)35-19-17-33(3)18-20-35/h5-7,9-16,21,23H,2,8,17-20,22H2,1,3-4H3,(H,31,32,36)/b9-7-,13-5-,15-10-,16-12-,30-25?/t23-/m1/s1. The number of rotatable bonds is 8. The summed E-state index contributed by atoms with van der Waals surface area (Å²) in [5.41, 5.74) is 3.09. The van der Waals surface area contributed by atoms with Crippen LogP contribution in [0.2, 0.25) is 0 Å². The topological polar surface area (TPSA) is 76.4 Å². The van der Waals surface area contributed by atoms with Gasteiger partial charge in [-0.15, -0.1) is 0 Å². The number of amides is 1. The smallest absolute Gasteiger partial charge is 0.245 e. The van der Waals surface area contributed by atoms with E-state index in [9.17, 15) is 4.79 Å². The molecule has 0 bridgehead atoms. The summed E-state index contributed by atoms with van der Waals surface area (Å²) in [5.74, 6) is 0.473. The van der Waals surface area contributed by atoms with E-state index in [2.05, 4.69) is 49.8 Å². The predicted molar refractivity (Wildman–Crippen MR) is 150 cm³/mol. The van der Waals surface area contributed by atoms with E-state index in [1.54, 1.807) is 18.5 Å². The van der Waals surface area contributed by atoms with E-state index in [1.165, 1.54) is 5.69 Å². The van der Waals surface area contributed by atoms with Crippen molar-refractivity contribution in [2.24, 2.45) is 15.9 Å². The monoisotopic (exact) mass is 487 g/mol.